The van der Waals surface area contributed by atoms with Crippen LogP contribution in [-0.4, -0.2) is 17.2 Å². The molecule has 0 aliphatic carbocycles. The zero-order chi connectivity index (χ0) is 45.7. The summed E-state index contributed by atoms with van der Waals surface area (Å²) in [6.07, 6.45) is 0. The zero-order valence-corrected chi connectivity index (χ0v) is 39.0. The molecule has 0 amide bonds. The maximum Gasteiger partial charge on any atom is 0.179 e. The lowest BCUT2D eigenvalue weighted by atomic mass is 9.96. The quantitative estimate of drug-likeness (QED) is 0.101. The van der Waals surface area contributed by atoms with Crippen LogP contribution in [0.1, 0.15) is 0 Å². The molecule has 2 heterocycles. The summed E-state index contributed by atoms with van der Waals surface area (Å²) < 4.78 is 5.01. The molecule has 0 aliphatic heterocycles. The Kier molecular flexibility index (Phi) is 9.88. The first kappa shape index (κ1) is 40.5. The van der Waals surface area contributed by atoms with E-state index in [-0.39, 0.29) is 0 Å². The van der Waals surface area contributed by atoms with Crippen molar-refractivity contribution in [2.24, 2.45) is 0 Å². The van der Waals surface area contributed by atoms with Gasteiger partial charge in [-0.05, 0) is 103 Å². The molecule has 0 N–H and O–H groups in total. The first-order chi connectivity index (χ1) is 34.3. The lowest BCUT2D eigenvalue weighted by molar-refractivity contribution is 1.17. The van der Waals surface area contributed by atoms with Crippen LogP contribution in [0.3, 0.4) is 0 Å². The second-order valence-electron chi connectivity index (χ2n) is 18.0. The van der Waals surface area contributed by atoms with Crippen molar-refractivity contribution in [1.29, 1.82) is 0 Å². The fourth-order valence-electron chi connectivity index (χ4n) is 11.3. The highest BCUT2D eigenvalue weighted by atomic mass is 28.3. The number of fused-ring (bicyclic) bond motifs is 6. The Bertz CT molecular complexity index is 3960. The van der Waals surface area contributed by atoms with Crippen molar-refractivity contribution in [2.45, 2.75) is 0 Å². The molecule has 0 radical (unpaired) electrons. The van der Waals surface area contributed by atoms with Crippen LogP contribution in [0.4, 0.5) is 0 Å². The van der Waals surface area contributed by atoms with Crippen LogP contribution in [0.25, 0.3) is 88.4 Å². The van der Waals surface area contributed by atoms with E-state index in [1.54, 1.807) is 0 Å². The Morgan fingerprint density at radius 1 is 0.246 bits per heavy atom. The van der Waals surface area contributed by atoms with Gasteiger partial charge in [0.15, 0.2) is 8.07 Å². The van der Waals surface area contributed by atoms with Gasteiger partial charge in [-0.25, -0.2) is 0 Å². The Hall–Kier alpha value is -8.76. The van der Waals surface area contributed by atoms with Crippen LogP contribution in [0, 0.1) is 0 Å². The smallest absolute Gasteiger partial charge is 0.179 e. The molecule has 0 saturated carbocycles. The molecule has 69 heavy (non-hydrogen) atoms. The molecule has 11 aromatic carbocycles. The summed E-state index contributed by atoms with van der Waals surface area (Å²) in [7, 11) is -2.93. The van der Waals surface area contributed by atoms with Gasteiger partial charge in [-0.2, -0.15) is 0 Å². The Morgan fingerprint density at radius 3 is 1.32 bits per heavy atom. The van der Waals surface area contributed by atoms with E-state index in [0.717, 1.165) is 11.4 Å². The second kappa shape index (κ2) is 16.8. The highest BCUT2D eigenvalue weighted by Gasteiger charge is 2.42. The van der Waals surface area contributed by atoms with Crippen molar-refractivity contribution in [1.82, 2.24) is 9.13 Å². The van der Waals surface area contributed by atoms with E-state index >= 15 is 0 Å². The average molecular weight is 895 g/mol. The SMILES string of the molecule is c1ccc(-c2cccc(-c3cccc4c3c3ccccc3n4-c3cccc4c3c3ccccc3n4-c3cccc([Si](c4ccccc4)(c4ccccc4)c4cccc(-c5ccccc5)c4)c3)c2)cc1. The van der Waals surface area contributed by atoms with E-state index in [9.17, 15) is 0 Å². The molecule has 0 saturated heterocycles. The minimum absolute atomic E-state index is 1.14. The summed E-state index contributed by atoms with van der Waals surface area (Å²) in [6.45, 7) is 0. The fraction of sp³-hybridized carbons (Fsp3) is 0. The van der Waals surface area contributed by atoms with Crippen molar-refractivity contribution in [2.75, 3.05) is 0 Å². The standard InChI is InChI=1S/C66H46N2Si/c1-5-22-47(23-6-1)49-26-17-28-51(44-49)57-38-20-41-62-65(57)58-36-13-16-40-61(58)68(62)64-43-21-42-63-66(64)59-37-14-15-39-60(59)67(63)52-29-19-35-56(46-52)69(53-30-9-3-10-31-53,54-32-11-4-12-33-54)55-34-18-27-50(45-55)48-24-7-2-8-25-48/h1-46H. The van der Waals surface area contributed by atoms with Crippen molar-refractivity contribution in [3.8, 4) is 44.8 Å². The predicted molar refractivity (Wildman–Crippen MR) is 295 cm³/mol. The number of aromatic nitrogens is 2. The average Bonchev–Trinajstić information content (AvgIpc) is 3.96. The van der Waals surface area contributed by atoms with Gasteiger partial charge in [-0.15, -0.1) is 0 Å². The van der Waals surface area contributed by atoms with E-state index in [2.05, 4.69) is 288 Å². The number of hydrogen-bond acceptors (Lipinski definition) is 0. The lowest BCUT2D eigenvalue weighted by Gasteiger charge is -2.35. The summed E-state index contributed by atoms with van der Waals surface area (Å²) in [4.78, 5) is 0. The highest BCUT2D eigenvalue weighted by molar-refractivity contribution is 7.20. The summed E-state index contributed by atoms with van der Waals surface area (Å²) in [6, 6.07) is 103. The van der Waals surface area contributed by atoms with Crippen LogP contribution < -0.4 is 20.7 Å². The van der Waals surface area contributed by atoms with Crippen LogP contribution in [0.5, 0.6) is 0 Å². The van der Waals surface area contributed by atoms with Crippen LogP contribution in [0.15, 0.2) is 279 Å². The molecular weight excluding hydrogens is 849 g/mol. The van der Waals surface area contributed by atoms with Gasteiger partial charge in [0.2, 0.25) is 0 Å². The molecule has 2 nitrogen and oxygen atoms in total. The molecular formula is C66H46N2Si. The van der Waals surface area contributed by atoms with E-state index < -0.39 is 8.07 Å². The summed E-state index contributed by atoms with van der Waals surface area (Å²) in [5.74, 6) is 0. The van der Waals surface area contributed by atoms with Gasteiger partial charge >= 0.3 is 0 Å². The number of rotatable bonds is 9. The minimum atomic E-state index is -2.93. The number of hydrogen-bond donors (Lipinski definition) is 0. The maximum absolute atomic E-state index is 2.93. The van der Waals surface area contributed by atoms with E-state index in [4.69, 9.17) is 0 Å². The van der Waals surface area contributed by atoms with Crippen LogP contribution >= 0.6 is 0 Å². The Balaban J connectivity index is 1.05. The molecule has 13 rings (SSSR count). The molecule has 324 valence electrons. The lowest BCUT2D eigenvalue weighted by Crippen LogP contribution is -2.74. The number of benzene rings is 11. The first-order valence-corrected chi connectivity index (χ1v) is 25.8. The maximum atomic E-state index is 2.51. The fourth-order valence-corrected chi connectivity index (χ4v) is 16.1. The van der Waals surface area contributed by atoms with E-state index in [0.29, 0.717) is 0 Å². The monoisotopic (exact) mass is 894 g/mol. The number of para-hydroxylation sites is 2. The van der Waals surface area contributed by atoms with Crippen molar-refractivity contribution < 1.29 is 0 Å². The third-order valence-corrected chi connectivity index (χ3v) is 19.0. The highest BCUT2D eigenvalue weighted by Crippen LogP contribution is 2.43. The van der Waals surface area contributed by atoms with Crippen LogP contribution in [0.2, 0.25) is 0 Å². The molecule has 0 bridgehead atoms. The molecule has 0 unspecified atom stereocenters. The Morgan fingerprint density at radius 2 is 0.667 bits per heavy atom. The van der Waals surface area contributed by atoms with Gasteiger partial charge in [-0.1, -0.05) is 231 Å². The van der Waals surface area contributed by atoms with E-state index in [1.165, 1.54) is 97.7 Å². The van der Waals surface area contributed by atoms with Crippen molar-refractivity contribution >= 4 is 72.4 Å². The molecule has 0 aliphatic rings. The molecule has 0 spiro atoms. The molecule has 13 aromatic rings. The molecule has 3 heteroatoms. The summed E-state index contributed by atoms with van der Waals surface area (Å²) in [5.41, 5.74) is 14.3. The van der Waals surface area contributed by atoms with Crippen LogP contribution in [-0.2, 0) is 0 Å². The summed E-state index contributed by atoms with van der Waals surface area (Å²) >= 11 is 0. The predicted octanol–water partition coefficient (Wildman–Crippen LogP) is 14.3. The molecule has 0 atom stereocenters. The van der Waals surface area contributed by atoms with Gasteiger partial charge in [0, 0.05) is 27.2 Å². The van der Waals surface area contributed by atoms with E-state index in [1.807, 2.05) is 0 Å². The van der Waals surface area contributed by atoms with Gasteiger partial charge in [0.25, 0.3) is 0 Å². The van der Waals surface area contributed by atoms with Crippen molar-refractivity contribution in [3.05, 3.63) is 279 Å². The van der Waals surface area contributed by atoms with Gasteiger partial charge < -0.3 is 9.13 Å². The van der Waals surface area contributed by atoms with Gasteiger partial charge in [0.05, 0.1) is 27.8 Å². The Labute approximate surface area is 403 Å². The third kappa shape index (κ3) is 6.62. The topological polar surface area (TPSA) is 9.86 Å². The third-order valence-electron chi connectivity index (χ3n) is 14.2. The molecule has 2 aromatic heterocycles. The second-order valence-corrected chi connectivity index (χ2v) is 21.8. The summed E-state index contributed by atoms with van der Waals surface area (Å²) in [5, 5.41) is 10.3. The zero-order valence-electron chi connectivity index (χ0n) is 38.0. The van der Waals surface area contributed by atoms with Gasteiger partial charge in [0.1, 0.15) is 0 Å². The largest absolute Gasteiger partial charge is 0.309 e. The normalized spacial score (nSPS) is 11.8. The van der Waals surface area contributed by atoms with Crippen molar-refractivity contribution in [3.63, 3.8) is 0 Å². The number of nitrogens with zero attached hydrogens (tertiary/aromatic N) is 2. The minimum Gasteiger partial charge on any atom is -0.309 e. The first-order valence-electron chi connectivity index (χ1n) is 23.8. The molecule has 0 fully saturated rings. The van der Waals surface area contributed by atoms with Gasteiger partial charge in [-0.3, -0.25) is 0 Å².